The van der Waals surface area contributed by atoms with Crippen LogP contribution in [0, 0.1) is 28.4 Å². The minimum absolute atomic E-state index is 0.0894. The van der Waals surface area contributed by atoms with Gasteiger partial charge in [-0.25, -0.2) is 0 Å². The molecule has 0 aliphatic carbocycles. The van der Waals surface area contributed by atoms with Crippen LogP contribution in [0.3, 0.4) is 0 Å². The predicted molar refractivity (Wildman–Crippen MR) is 65.2 cm³/mol. The van der Waals surface area contributed by atoms with E-state index in [1.807, 2.05) is 11.0 Å². The van der Waals surface area contributed by atoms with Crippen LogP contribution in [0.1, 0.15) is 12.0 Å². The monoisotopic (exact) mass is 247 g/mol. The lowest BCUT2D eigenvalue weighted by atomic mass is 9.90. The number of aryl methyl sites for hydroxylation is 1. The summed E-state index contributed by atoms with van der Waals surface area (Å²) in [6.45, 7) is 2.46. The number of benzene rings is 1. The van der Waals surface area contributed by atoms with Crippen molar-refractivity contribution in [3.8, 4) is 6.07 Å². The van der Waals surface area contributed by atoms with Gasteiger partial charge in [-0.2, -0.15) is 5.26 Å². The third-order valence-corrected chi connectivity index (χ3v) is 3.12. The lowest BCUT2D eigenvalue weighted by Crippen LogP contribution is -2.61. The van der Waals surface area contributed by atoms with Gasteiger partial charge in [0.25, 0.3) is 5.69 Å². The molecule has 0 radical (unpaired) electrons. The van der Waals surface area contributed by atoms with Crippen LogP contribution in [0.4, 0.5) is 11.4 Å². The van der Waals surface area contributed by atoms with Crippen molar-refractivity contribution in [2.45, 2.75) is 18.9 Å². The van der Waals surface area contributed by atoms with Crippen LogP contribution < -0.4 is 4.90 Å². The molecule has 0 spiro atoms. The molecule has 1 N–H and O–H groups in total. The number of nitro benzene ring substituents is 1. The number of β-amino-alcohol motifs (C(OH)–C–C–N with tert-alkyl or cyclic N) is 1. The molecule has 0 unspecified atom stereocenters. The number of rotatable bonds is 3. The second-order valence-corrected chi connectivity index (χ2v) is 4.64. The van der Waals surface area contributed by atoms with Crippen molar-refractivity contribution in [3.63, 3.8) is 0 Å². The molecule has 6 nitrogen and oxygen atoms in total. The van der Waals surface area contributed by atoms with E-state index in [1.165, 1.54) is 6.07 Å². The molecule has 1 aliphatic heterocycles. The molecular weight excluding hydrogens is 234 g/mol. The first-order valence-corrected chi connectivity index (χ1v) is 5.54. The van der Waals surface area contributed by atoms with Crippen LogP contribution in [0.5, 0.6) is 0 Å². The third kappa shape index (κ3) is 2.13. The summed E-state index contributed by atoms with van der Waals surface area (Å²) in [6, 6.07) is 6.81. The van der Waals surface area contributed by atoms with Gasteiger partial charge in [0.05, 0.1) is 17.4 Å². The van der Waals surface area contributed by atoms with Crippen molar-refractivity contribution in [2.75, 3.05) is 18.0 Å². The minimum Gasteiger partial charge on any atom is -0.385 e. The van der Waals surface area contributed by atoms with Gasteiger partial charge in [0, 0.05) is 30.4 Å². The summed E-state index contributed by atoms with van der Waals surface area (Å²) in [6.07, 6.45) is 0.107. The van der Waals surface area contributed by atoms with Gasteiger partial charge in [-0.05, 0) is 19.1 Å². The molecule has 0 atom stereocenters. The van der Waals surface area contributed by atoms with Crippen molar-refractivity contribution in [1.82, 2.24) is 0 Å². The summed E-state index contributed by atoms with van der Waals surface area (Å²) in [4.78, 5) is 12.2. The third-order valence-electron chi connectivity index (χ3n) is 3.12. The molecular formula is C12H13N3O3. The van der Waals surface area contributed by atoms with Gasteiger partial charge < -0.3 is 10.0 Å². The van der Waals surface area contributed by atoms with Gasteiger partial charge in [-0.15, -0.1) is 0 Å². The van der Waals surface area contributed by atoms with Crippen molar-refractivity contribution in [1.29, 1.82) is 5.26 Å². The number of hydrogen-bond donors (Lipinski definition) is 1. The Morgan fingerprint density at radius 2 is 2.28 bits per heavy atom. The van der Waals surface area contributed by atoms with Gasteiger partial charge in [-0.1, -0.05) is 0 Å². The summed E-state index contributed by atoms with van der Waals surface area (Å²) in [5, 5.41) is 29.1. The van der Waals surface area contributed by atoms with Gasteiger partial charge in [0.1, 0.15) is 5.60 Å². The Labute approximate surface area is 104 Å². The Hall–Kier alpha value is -2.13. The number of nitro groups is 1. The molecule has 0 aromatic heterocycles. The maximum Gasteiger partial charge on any atom is 0.272 e. The summed E-state index contributed by atoms with van der Waals surface area (Å²) >= 11 is 0. The zero-order valence-corrected chi connectivity index (χ0v) is 9.96. The summed E-state index contributed by atoms with van der Waals surface area (Å²) in [5.41, 5.74) is 0.574. The minimum atomic E-state index is -0.940. The topological polar surface area (TPSA) is 90.4 Å². The Bertz CT molecular complexity index is 530. The van der Waals surface area contributed by atoms with Gasteiger partial charge in [0.2, 0.25) is 0 Å². The first-order chi connectivity index (χ1) is 8.45. The van der Waals surface area contributed by atoms with Crippen LogP contribution in [-0.2, 0) is 0 Å². The van der Waals surface area contributed by atoms with Crippen LogP contribution >= 0.6 is 0 Å². The van der Waals surface area contributed by atoms with E-state index in [0.29, 0.717) is 18.7 Å². The first kappa shape index (κ1) is 12.3. The first-order valence-electron chi connectivity index (χ1n) is 5.54. The summed E-state index contributed by atoms with van der Waals surface area (Å²) in [7, 11) is 0. The molecule has 0 bridgehead atoms. The molecule has 0 amide bonds. The highest BCUT2D eigenvalue weighted by Crippen LogP contribution is 2.32. The Morgan fingerprint density at radius 1 is 1.61 bits per heavy atom. The normalized spacial score (nSPS) is 16.8. The maximum absolute atomic E-state index is 10.7. The highest BCUT2D eigenvalue weighted by atomic mass is 16.6. The molecule has 0 saturated carbocycles. The molecule has 1 saturated heterocycles. The van der Waals surface area contributed by atoms with Gasteiger partial charge in [-0.3, -0.25) is 10.1 Å². The standard InChI is InChI=1S/C12H13N3O3/c1-9-6-10(2-3-11(9)15(17)18)14-7-12(16,8-14)4-5-13/h2-3,6,16H,4,7-8H2,1H3. The highest BCUT2D eigenvalue weighted by Gasteiger charge is 2.41. The zero-order valence-electron chi connectivity index (χ0n) is 9.96. The van der Waals surface area contributed by atoms with E-state index in [1.54, 1.807) is 19.1 Å². The average Bonchev–Trinajstić information content (AvgIpc) is 2.25. The van der Waals surface area contributed by atoms with Crippen molar-refractivity contribution in [2.24, 2.45) is 0 Å². The lowest BCUT2D eigenvalue weighted by Gasteiger charge is -2.46. The van der Waals surface area contributed by atoms with Crippen LogP contribution in [0.2, 0.25) is 0 Å². The quantitative estimate of drug-likeness (QED) is 0.643. The van der Waals surface area contributed by atoms with E-state index in [4.69, 9.17) is 5.26 Å². The summed E-state index contributed by atoms with van der Waals surface area (Å²) in [5.74, 6) is 0. The second kappa shape index (κ2) is 4.27. The van der Waals surface area contributed by atoms with Crippen molar-refractivity contribution < 1.29 is 10.0 Å². The smallest absolute Gasteiger partial charge is 0.272 e. The number of nitrogens with zero attached hydrogens (tertiary/aromatic N) is 3. The van der Waals surface area contributed by atoms with Gasteiger partial charge in [0.15, 0.2) is 0 Å². The van der Waals surface area contributed by atoms with E-state index in [9.17, 15) is 15.2 Å². The number of aliphatic hydroxyl groups is 1. The van der Waals surface area contributed by atoms with E-state index in [2.05, 4.69) is 0 Å². The second-order valence-electron chi connectivity index (χ2n) is 4.64. The largest absolute Gasteiger partial charge is 0.385 e. The number of hydrogen-bond acceptors (Lipinski definition) is 5. The molecule has 1 aliphatic rings. The molecule has 94 valence electrons. The van der Waals surface area contributed by atoms with Crippen LogP contribution in [-0.4, -0.2) is 28.7 Å². The van der Waals surface area contributed by atoms with Crippen LogP contribution in [0.15, 0.2) is 18.2 Å². The summed E-state index contributed by atoms with van der Waals surface area (Å²) < 4.78 is 0. The SMILES string of the molecule is Cc1cc(N2CC(O)(CC#N)C2)ccc1[N+](=O)[O-]. The zero-order chi connectivity index (χ0) is 13.3. The van der Waals surface area contributed by atoms with Crippen molar-refractivity contribution >= 4 is 11.4 Å². The Kier molecular flexibility index (Phi) is 2.93. The number of anilines is 1. The van der Waals surface area contributed by atoms with E-state index in [-0.39, 0.29) is 12.1 Å². The molecule has 1 fully saturated rings. The molecule has 18 heavy (non-hydrogen) atoms. The average molecular weight is 247 g/mol. The Balaban J connectivity index is 2.12. The Morgan fingerprint density at radius 3 is 2.78 bits per heavy atom. The van der Waals surface area contributed by atoms with E-state index >= 15 is 0 Å². The van der Waals surface area contributed by atoms with Crippen molar-refractivity contribution in [3.05, 3.63) is 33.9 Å². The molecule has 1 aromatic rings. The molecule has 6 heteroatoms. The molecule has 2 rings (SSSR count). The van der Waals surface area contributed by atoms with E-state index < -0.39 is 10.5 Å². The molecule has 1 heterocycles. The number of nitriles is 1. The molecule has 1 aromatic carbocycles. The fourth-order valence-corrected chi connectivity index (χ4v) is 2.15. The van der Waals surface area contributed by atoms with Crippen LogP contribution in [0.25, 0.3) is 0 Å². The highest BCUT2D eigenvalue weighted by molar-refractivity contribution is 5.57. The fraction of sp³-hybridized carbons (Fsp3) is 0.417. The van der Waals surface area contributed by atoms with Gasteiger partial charge >= 0.3 is 0 Å². The predicted octanol–water partition coefficient (Wildman–Crippen LogP) is 1.37. The fourth-order valence-electron chi connectivity index (χ4n) is 2.15. The lowest BCUT2D eigenvalue weighted by molar-refractivity contribution is -0.385. The van der Waals surface area contributed by atoms with E-state index in [0.717, 1.165) is 5.69 Å². The maximum atomic E-state index is 10.7.